The standard InChI is InChI=1S/C28H26ClN3O4/c29-22-11-9-20(10-12-22)21-13-25(28(34)30-15-26-31-23-3-1-2-4-24(23)32-26)36-27(14-21)35-17-19-7-5-18(16-33)6-8-19/h1-13,21,27,33H,14-17H2,(H,30,34)(H,31,32)/t21-,27+/m1/s1. The number of allylic oxidation sites excluding steroid dienone is 1. The highest BCUT2D eigenvalue weighted by Gasteiger charge is 2.29. The molecule has 2 atom stereocenters. The number of carbonyl (C=O) groups excluding carboxylic acids is 1. The van der Waals surface area contributed by atoms with Gasteiger partial charge in [-0.25, -0.2) is 4.98 Å². The fraction of sp³-hybridized carbons (Fsp3) is 0.214. The minimum atomic E-state index is -0.611. The number of nitrogens with zero attached hydrogens (tertiary/aromatic N) is 1. The Balaban J connectivity index is 1.29. The lowest BCUT2D eigenvalue weighted by atomic mass is 9.93. The molecule has 0 spiro atoms. The third-order valence-electron chi connectivity index (χ3n) is 6.08. The second-order valence-corrected chi connectivity index (χ2v) is 9.08. The van der Waals surface area contributed by atoms with Crippen LogP contribution >= 0.6 is 11.6 Å². The maximum atomic E-state index is 13.1. The number of H-pyrrole nitrogens is 1. The number of halogens is 1. The van der Waals surface area contributed by atoms with Gasteiger partial charge in [-0.15, -0.1) is 0 Å². The van der Waals surface area contributed by atoms with Gasteiger partial charge in [-0.2, -0.15) is 0 Å². The number of rotatable bonds is 8. The van der Waals surface area contributed by atoms with Crippen LogP contribution in [-0.2, 0) is 34.0 Å². The highest BCUT2D eigenvalue weighted by molar-refractivity contribution is 6.30. The number of nitrogens with one attached hydrogen (secondary N) is 2. The molecule has 2 heterocycles. The van der Waals surface area contributed by atoms with E-state index in [9.17, 15) is 9.90 Å². The molecule has 3 N–H and O–H groups in total. The van der Waals surface area contributed by atoms with Crippen LogP contribution in [0.3, 0.4) is 0 Å². The number of aliphatic hydroxyl groups is 1. The Hall–Kier alpha value is -3.65. The largest absolute Gasteiger partial charge is 0.459 e. The van der Waals surface area contributed by atoms with Gasteiger partial charge < -0.3 is 24.9 Å². The minimum Gasteiger partial charge on any atom is -0.459 e. The predicted molar refractivity (Wildman–Crippen MR) is 137 cm³/mol. The van der Waals surface area contributed by atoms with Crippen LogP contribution in [0.15, 0.2) is 84.6 Å². The number of carbonyl (C=O) groups is 1. The first-order valence-corrected chi connectivity index (χ1v) is 12.1. The van der Waals surface area contributed by atoms with Gasteiger partial charge in [0.05, 0.1) is 30.8 Å². The van der Waals surface area contributed by atoms with Gasteiger partial charge in [0.2, 0.25) is 6.29 Å². The number of hydrogen-bond donors (Lipinski definition) is 3. The van der Waals surface area contributed by atoms with Crippen molar-refractivity contribution in [1.29, 1.82) is 0 Å². The molecule has 36 heavy (non-hydrogen) atoms. The molecule has 5 rings (SSSR count). The lowest BCUT2D eigenvalue weighted by Crippen LogP contribution is -2.32. The van der Waals surface area contributed by atoms with E-state index in [2.05, 4.69) is 15.3 Å². The summed E-state index contributed by atoms with van der Waals surface area (Å²) in [7, 11) is 0. The molecular formula is C28H26ClN3O4. The lowest BCUT2D eigenvalue weighted by Gasteiger charge is -2.29. The van der Waals surface area contributed by atoms with Gasteiger partial charge in [0.1, 0.15) is 5.82 Å². The fourth-order valence-corrected chi connectivity index (χ4v) is 4.26. The van der Waals surface area contributed by atoms with Crippen LogP contribution in [0, 0.1) is 0 Å². The van der Waals surface area contributed by atoms with Gasteiger partial charge in [0.15, 0.2) is 5.76 Å². The number of imidazole rings is 1. The average molecular weight is 504 g/mol. The Morgan fingerprint density at radius 1 is 1.08 bits per heavy atom. The van der Waals surface area contributed by atoms with Crippen LogP contribution in [0.25, 0.3) is 11.0 Å². The van der Waals surface area contributed by atoms with E-state index in [4.69, 9.17) is 21.1 Å². The van der Waals surface area contributed by atoms with Crippen LogP contribution in [0.4, 0.5) is 0 Å². The molecule has 0 bridgehead atoms. The molecule has 8 heteroatoms. The number of benzene rings is 3. The summed E-state index contributed by atoms with van der Waals surface area (Å²) in [5, 5.41) is 12.8. The summed E-state index contributed by atoms with van der Waals surface area (Å²) in [4.78, 5) is 20.8. The Morgan fingerprint density at radius 3 is 2.58 bits per heavy atom. The first-order valence-electron chi connectivity index (χ1n) is 11.7. The van der Waals surface area contributed by atoms with Crippen molar-refractivity contribution < 1.29 is 19.4 Å². The maximum Gasteiger partial charge on any atom is 0.286 e. The highest BCUT2D eigenvalue weighted by atomic mass is 35.5. The van der Waals surface area contributed by atoms with Crippen molar-refractivity contribution >= 4 is 28.5 Å². The Morgan fingerprint density at radius 2 is 1.83 bits per heavy atom. The van der Waals surface area contributed by atoms with E-state index in [1.807, 2.05) is 78.9 Å². The molecule has 1 aliphatic rings. The van der Waals surface area contributed by atoms with E-state index in [0.717, 1.165) is 27.7 Å². The zero-order valence-corrected chi connectivity index (χ0v) is 20.2. The molecule has 0 unspecified atom stereocenters. The van der Waals surface area contributed by atoms with E-state index >= 15 is 0 Å². The van der Waals surface area contributed by atoms with Crippen molar-refractivity contribution in [3.05, 3.63) is 112 Å². The number of aliphatic hydroxyl groups excluding tert-OH is 1. The summed E-state index contributed by atoms with van der Waals surface area (Å²) in [6.07, 6.45) is 1.77. The first-order chi connectivity index (χ1) is 17.6. The molecule has 0 radical (unpaired) electrons. The number of amides is 1. The van der Waals surface area contributed by atoms with Crippen molar-refractivity contribution in [2.45, 2.75) is 38.4 Å². The van der Waals surface area contributed by atoms with Crippen LogP contribution < -0.4 is 5.32 Å². The number of fused-ring (bicyclic) bond motifs is 1. The lowest BCUT2D eigenvalue weighted by molar-refractivity contribution is -0.150. The van der Waals surface area contributed by atoms with Gasteiger partial charge in [-0.05, 0) is 47.0 Å². The minimum absolute atomic E-state index is 0.00700. The van der Waals surface area contributed by atoms with Gasteiger partial charge in [0.25, 0.3) is 5.91 Å². The summed E-state index contributed by atoms with van der Waals surface area (Å²) in [5.74, 6) is 0.451. The number of aromatic nitrogens is 2. The molecular weight excluding hydrogens is 478 g/mol. The SMILES string of the molecule is O=C(NCc1nc2ccccc2[nH]1)C1=C[C@@H](c2ccc(Cl)cc2)C[C@@H](OCc2ccc(CO)cc2)O1. The Bertz CT molecular complexity index is 1330. The third-order valence-corrected chi connectivity index (χ3v) is 6.33. The van der Waals surface area contributed by atoms with Crippen molar-refractivity contribution in [2.24, 2.45) is 0 Å². The predicted octanol–water partition coefficient (Wildman–Crippen LogP) is 4.96. The molecule has 1 aliphatic heterocycles. The quantitative estimate of drug-likeness (QED) is 0.316. The van der Waals surface area contributed by atoms with Crippen molar-refractivity contribution in [2.75, 3.05) is 0 Å². The van der Waals surface area contributed by atoms with E-state index in [-0.39, 0.29) is 30.7 Å². The monoisotopic (exact) mass is 503 g/mol. The van der Waals surface area contributed by atoms with E-state index in [0.29, 0.717) is 23.9 Å². The molecule has 4 aromatic rings. The molecule has 0 saturated heterocycles. The van der Waals surface area contributed by atoms with Crippen molar-refractivity contribution in [3.63, 3.8) is 0 Å². The topological polar surface area (TPSA) is 96.5 Å². The molecule has 7 nitrogen and oxygen atoms in total. The molecule has 0 saturated carbocycles. The zero-order valence-electron chi connectivity index (χ0n) is 19.5. The number of hydrogen-bond acceptors (Lipinski definition) is 5. The Labute approximate surface area is 213 Å². The fourth-order valence-electron chi connectivity index (χ4n) is 4.13. The second kappa shape index (κ2) is 11.0. The summed E-state index contributed by atoms with van der Waals surface area (Å²) in [5.41, 5.74) is 4.56. The van der Waals surface area contributed by atoms with Crippen LogP contribution in [0.1, 0.15) is 34.9 Å². The summed E-state index contributed by atoms with van der Waals surface area (Å²) in [6.45, 7) is 0.549. The van der Waals surface area contributed by atoms with E-state index in [1.165, 1.54) is 0 Å². The van der Waals surface area contributed by atoms with Crippen LogP contribution in [0.5, 0.6) is 0 Å². The summed E-state index contributed by atoms with van der Waals surface area (Å²) >= 11 is 6.07. The second-order valence-electron chi connectivity index (χ2n) is 8.64. The molecule has 0 fully saturated rings. The normalized spacial score (nSPS) is 17.4. The Kier molecular flexibility index (Phi) is 7.32. The molecule has 1 amide bonds. The first kappa shape index (κ1) is 24.1. The van der Waals surface area contributed by atoms with Crippen molar-refractivity contribution in [3.8, 4) is 0 Å². The molecule has 1 aromatic heterocycles. The molecule has 0 aliphatic carbocycles. The smallest absolute Gasteiger partial charge is 0.286 e. The van der Waals surface area contributed by atoms with Crippen LogP contribution in [0.2, 0.25) is 5.02 Å². The van der Waals surface area contributed by atoms with E-state index < -0.39 is 6.29 Å². The highest BCUT2D eigenvalue weighted by Crippen LogP contribution is 2.32. The molecule has 184 valence electrons. The summed E-state index contributed by atoms with van der Waals surface area (Å²) in [6, 6.07) is 22.8. The van der Waals surface area contributed by atoms with Crippen LogP contribution in [-0.4, -0.2) is 27.3 Å². The van der Waals surface area contributed by atoms with E-state index in [1.54, 1.807) is 0 Å². The van der Waals surface area contributed by atoms with Gasteiger partial charge in [-0.1, -0.05) is 60.1 Å². The number of para-hydroxylation sites is 2. The third kappa shape index (κ3) is 5.76. The average Bonchev–Trinajstić information content (AvgIpc) is 3.34. The maximum absolute atomic E-state index is 13.1. The van der Waals surface area contributed by atoms with Gasteiger partial charge >= 0.3 is 0 Å². The summed E-state index contributed by atoms with van der Waals surface area (Å²) < 4.78 is 12.0. The van der Waals surface area contributed by atoms with Gasteiger partial charge in [-0.3, -0.25) is 4.79 Å². The van der Waals surface area contributed by atoms with Gasteiger partial charge in [0, 0.05) is 17.4 Å². The number of ether oxygens (including phenoxy) is 2. The van der Waals surface area contributed by atoms with Crippen molar-refractivity contribution in [1.82, 2.24) is 15.3 Å². The number of aromatic amines is 1. The molecule has 3 aromatic carbocycles. The zero-order chi connectivity index (χ0) is 24.9.